The summed E-state index contributed by atoms with van der Waals surface area (Å²) in [5, 5.41) is 9.22. The first kappa shape index (κ1) is 13.2. The molecule has 1 unspecified atom stereocenters. The van der Waals surface area contributed by atoms with Gasteiger partial charge in [-0.15, -0.1) is 0 Å². The predicted molar refractivity (Wildman–Crippen MR) is 81.6 cm³/mol. The molecule has 2 aromatic rings. The lowest BCUT2D eigenvalue weighted by atomic mass is 9.89. The standard InChI is InChI=1S/C17H14BrNO/c18-14-8-9-16(13(10-14)11-19)20-17-7-3-5-12-4-1-2-6-15(12)17/h1-2,4,6,8-10,17H,3,5,7H2. The number of nitrogens with zero attached hydrogens (tertiary/aromatic N) is 1. The minimum Gasteiger partial charge on any atom is -0.484 e. The first-order valence-corrected chi connectivity index (χ1v) is 7.51. The first-order chi connectivity index (χ1) is 9.78. The van der Waals surface area contributed by atoms with Gasteiger partial charge < -0.3 is 4.74 Å². The SMILES string of the molecule is N#Cc1cc(Br)ccc1OC1CCCc2ccccc21. The zero-order chi connectivity index (χ0) is 13.9. The van der Waals surface area contributed by atoms with E-state index in [1.165, 1.54) is 11.1 Å². The number of nitriles is 1. The van der Waals surface area contributed by atoms with Crippen LogP contribution in [0.4, 0.5) is 0 Å². The summed E-state index contributed by atoms with van der Waals surface area (Å²) in [6.07, 6.45) is 3.28. The molecule has 0 saturated heterocycles. The summed E-state index contributed by atoms with van der Waals surface area (Å²) in [6.45, 7) is 0. The molecule has 3 rings (SSSR count). The molecule has 0 amide bonds. The van der Waals surface area contributed by atoms with Crippen LogP contribution in [0.2, 0.25) is 0 Å². The normalized spacial score (nSPS) is 17.1. The van der Waals surface area contributed by atoms with Gasteiger partial charge >= 0.3 is 0 Å². The van der Waals surface area contributed by atoms with E-state index in [4.69, 9.17) is 4.74 Å². The van der Waals surface area contributed by atoms with Crippen molar-refractivity contribution >= 4 is 15.9 Å². The van der Waals surface area contributed by atoms with Crippen molar-refractivity contribution in [2.75, 3.05) is 0 Å². The number of hydrogen-bond donors (Lipinski definition) is 0. The number of benzene rings is 2. The predicted octanol–water partition coefficient (Wildman–Crippen LogP) is 4.78. The number of halogens is 1. The van der Waals surface area contributed by atoms with Gasteiger partial charge in [-0.1, -0.05) is 40.2 Å². The molecule has 2 nitrogen and oxygen atoms in total. The number of rotatable bonds is 2. The fraction of sp³-hybridized carbons (Fsp3) is 0.235. The molecule has 3 heteroatoms. The summed E-state index contributed by atoms with van der Waals surface area (Å²) in [6, 6.07) is 16.2. The van der Waals surface area contributed by atoms with Gasteiger partial charge in [0, 0.05) is 4.47 Å². The minimum atomic E-state index is 0.0493. The van der Waals surface area contributed by atoms with Gasteiger partial charge in [-0.2, -0.15) is 5.26 Å². The fourth-order valence-electron chi connectivity index (χ4n) is 2.68. The second-order valence-electron chi connectivity index (χ2n) is 4.95. The maximum atomic E-state index is 9.22. The molecule has 0 spiro atoms. The quantitative estimate of drug-likeness (QED) is 0.795. The summed E-state index contributed by atoms with van der Waals surface area (Å²) in [5.41, 5.74) is 3.19. The molecule has 2 aromatic carbocycles. The molecule has 0 fully saturated rings. The number of fused-ring (bicyclic) bond motifs is 1. The van der Waals surface area contributed by atoms with Crippen LogP contribution in [0.25, 0.3) is 0 Å². The molecule has 0 radical (unpaired) electrons. The Balaban J connectivity index is 1.92. The molecule has 0 heterocycles. The van der Waals surface area contributed by atoms with Gasteiger partial charge in [0.15, 0.2) is 0 Å². The molecule has 100 valence electrons. The van der Waals surface area contributed by atoms with E-state index in [2.05, 4.69) is 40.2 Å². The Kier molecular flexibility index (Phi) is 3.75. The van der Waals surface area contributed by atoms with Crippen molar-refractivity contribution in [3.05, 3.63) is 63.6 Å². The molecule has 1 atom stereocenters. The Hall–Kier alpha value is -1.79. The zero-order valence-electron chi connectivity index (χ0n) is 11.0. The highest BCUT2D eigenvalue weighted by Gasteiger charge is 2.22. The molecule has 0 N–H and O–H groups in total. The molecule has 1 aliphatic carbocycles. The van der Waals surface area contributed by atoms with Crippen LogP contribution in [-0.4, -0.2) is 0 Å². The summed E-state index contributed by atoms with van der Waals surface area (Å²) < 4.78 is 7.01. The van der Waals surface area contributed by atoms with Crippen molar-refractivity contribution < 1.29 is 4.74 Å². The highest BCUT2D eigenvalue weighted by Crippen LogP contribution is 2.35. The van der Waals surface area contributed by atoms with Gasteiger partial charge in [0.2, 0.25) is 0 Å². The Bertz CT molecular complexity index is 675. The van der Waals surface area contributed by atoms with Crippen molar-refractivity contribution in [3.8, 4) is 11.8 Å². The van der Waals surface area contributed by atoms with Crippen LogP contribution in [0.5, 0.6) is 5.75 Å². The Morgan fingerprint density at radius 3 is 2.90 bits per heavy atom. The van der Waals surface area contributed by atoms with Gasteiger partial charge in [0.1, 0.15) is 17.9 Å². The van der Waals surface area contributed by atoms with Crippen molar-refractivity contribution in [2.45, 2.75) is 25.4 Å². The van der Waals surface area contributed by atoms with E-state index in [0.717, 1.165) is 23.7 Å². The third-order valence-electron chi connectivity index (χ3n) is 3.65. The van der Waals surface area contributed by atoms with Crippen molar-refractivity contribution in [1.29, 1.82) is 5.26 Å². The van der Waals surface area contributed by atoms with E-state index < -0.39 is 0 Å². The van der Waals surface area contributed by atoms with E-state index in [9.17, 15) is 5.26 Å². The second kappa shape index (κ2) is 5.68. The van der Waals surface area contributed by atoms with Crippen LogP contribution in [0.1, 0.15) is 35.6 Å². The van der Waals surface area contributed by atoms with Crippen molar-refractivity contribution in [3.63, 3.8) is 0 Å². The largest absolute Gasteiger partial charge is 0.484 e. The topological polar surface area (TPSA) is 33.0 Å². The smallest absolute Gasteiger partial charge is 0.138 e. The average molecular weight is 328 g/mol. The molecular weight excluding hydrogens is 314 g/mol. The first-order valence-electron chi connectivity index (χ1n) is 6.72. The summed E-state index contributed by atoms with van der Waals surface area (Å²) in [7, 11) is 0. The van der Waals surface area contributed by atoms with E-state index in [1.807, 2.05) is 18.2 Å². The Morgan fingerprint density at radius 2 is 2.05 bits per heavy atom. The molecule has 0 saturated carbocycles. The summed E-state index contributed by atoms with van der Waals surface area (Å²) >= 11 is 3.38. The Labute approximate surface area is 127 Å². The van der Waals surface area contributed by atoms with Crippen LogP contribution in [-0.2, 0) is 6.42 Å². The van der Waals surface area contributed by atoms with Crippen molar-refractivity contribution in [2.24, 2.45) is 0 Å². The Morgan fingerprint density at radius 1 is 1.20 bits per heavy atom. The monoisotopic (exact) mass is 327 g/mol. The van der Waals surface area contributed by atoms with Gasteiger partial charge in [-0.05, 0) is 48.6 Å². The van der Waals surface area contributed by atoms with Gasteiger partial charge in [0.05, 0.1) is 5.56 Å². The molecule has 0 bridgehead atoms. The van der Waals surface area contributed by atoms with E-state index in [1.54, 1.807) is 6.07 Å². The molecule has 1 aliphatic rings. The van der Waals surface area contributed by atoms with Gasteiger partial charge in [-0.3, -0.25) is 0 Å². The second-order valence-corrected chi connectivity index (χ2v) is 5.87. The fourth-order valence-corrected chi connectivity index (χ4v) is 3.04. The maximum absolute atomic E-state index is 9.22. The van der Waals surface area contributed by atoms with Gasteiger partial charge in [-0.25, -0.2) is 0 Å². The van der Waals surface area contributed by atoms with Gasteiger partial charge in [0.25, 0.3) is 0 Å². The van der Waals surface area contributed by atoms with Crippen LogP contribution >= 0.6 is 15.9 Å². The van der Waals surface area contributed by atoms with Crippen LogP contribution in [0.15, 0.2) is 46.9 Å². The third-order valence-corrected chi connectivity index (χ3v) is 4.14. The third kappa shape index (κ3) is 2.57. The van der Waals surface area contributed by atoms with E-state index in [-0.39, 0.29) is 6.10 Å². The highest BCUT2D eigenvalue weighted by atomic mass is 79.9. The highest BCUT2D eigenvalue weighted by molar-refractivity contribution is 9.10. The maximum Gasteiger partial charge on any atom is 0.138 e. The van der Waals surface area contributed by atoms with Crippen LogP contribution in [0, 0.1) is 11.3 Å². The lowest BCUT2D eigenvalue weighted by Crippen LogP contribution is -2.15. The summed E-state index contributed by atoms with van der Waals surface area (Å²) in [5.74, 6) is 0.664. The van der Waals surface area contributed by atoms with E-state index >= 15 is 0 Å². The zero-order valence-corrected chi connectivity index (χ0v) is 12.6. The lowest BCUT2D eigenvalue weighted by molar-refractivity contribution is 0.183. The van der Waals surface area contributed by atoms with Crippen LogP contribution < -0.4 is 4.74 Å². The lowest BCUT2D eigenvalue weighted by Gasteiger charge is -2.26. The average Bonchev–Trinajstić information content (AvgIpc) is 2.49. The van der Waals surface area contributed by atoms with E-state index in [0.29, 0.717) is 11.3 Å². The molecular formula is C17H14BrNO. The van der Waals surface area contributed by atoms with Crippen molar-refractivity contribution in [1.82, 2.24) is 0 Å². The molecule has 0 aliphatic heterocycles. The van der Waals surface area contributed by atoms with Crippen LogP contribution in [0.3, 0.4) is 0 Å². The molecule has 0 aromatic heterocycles. The number of aryl methyl sites for hydroxylation is 1. The molecule has 20 heavy (non-hydrogen) atoms. The minimum absolute atomic E-state index is 0.0493. The number of ether oxygens (including phenoxy) is 1. The summed E-state index contributed by atoms with van der Waals surface area (Å²) in [4.78, 5) is 0. The number of hydrogen-bond acceptors (Lipinski definition) is 2.